The summed E-state index contributed by atoms with van der Waals surface area (Å²) in [6, 6.07) is 3.96. The first-order valence-electron chi connectivity index (χ1n) is 6.43. The molecule has 0 amide bonds. The smallest absolute Gasteiger partial charge is 0.202 e. The number of hydrogen-bond donors (Lipinski definition) is 2. The monoisotopic (exact) mass is 263 g/mol. The van der Waals surface area contributed by atoms with Crippen molar-refractivity contribution >= 4 is 11.9 Å². The molecule has 6 nitrogen and oxygen atoms in total. The highest BCUT2D eigenvalue weighted by molar-refractivity contribution is 6.00. The molecular formula is C13H21N5O. The van der Waals surface area contributed by atoms with Crippen LogP contribution >= 0.6 is 0 Å². The van der Waals surface area contributed by atoms with Gasteiger partial charge in [-0.05, 0) is 26.0 Å². The molecule has 2 N–H and O–H groups in total. The highest BCUT2D eigenvalue weighted by Crippen LogP contribution is 2.06. The molecular weight excluding hydrogens is 242 g/mol. The first-order valence-corrected chi connectivity index (χ1v) is 6.43. The zero-order chi connectivity index (χ0) is 13.8. The van der Waals surface area contributed by atoms with Crippen LogP contribution in [-0.4, -0.2) is 43.6 Å². The van der Waals surface area contributed by atoms with Gasteiger partial charge in [0.15, 0.2) is 5.96 Å². The van der Waals surface area contributed by atoms with Crippen LogP contribution in [0.3, 0.4) is 0 Å². The number of furan rings is 1. The molecule has 0 saturated carbocycles. The van der Waals surface area contributed by atoms with Crippen molar-refractivity contribution in [1.29, 1.82) is 0 Å². The fraction of sp³-hybridized carbons (Fsp3) is 0.538. The van der Waals surface area contributed by atoms with Crippen LogP contribution in [0.4, 0.5) is 0 Å². The summed E-state index contributed by atoms with van der Waals surface area (Å²) in [6.07, 6.45) is 0.826. The Balaban J connectivity index is 1.91. The van der Waals surface area contributed by atoms with Crippen LogP contribution < -0.4 is 10.6 Å². The van der Waals surface area contributed by atoms with E-state index in [2.05, 4.69) is 20.6 Å². The van der Waals surface area contributed by atoms with E-state index in [1.165, 1.54) is 0 Å². The second-order valence-electron chi connectivity index (χ2n) is 4.79. The van der Waals surface area contributed by atoms with Gasteiger partial charge in [-0.1, -0.05) is 0 Å². The molecule has 6 heteroatoms. The zero-order valence-corrected chi connectivity index (χ0v) is 11.9. The van der Waals surface area contributed by atoms with E-state index < -0.39 is 0 Å². The Morgan fingerprint density at radius 3 is 2.84 bits per heavy atom. The van der Waals surface area contributed by atoms with Crippen molar-refractivity contribution in [3.8, 4) is 0 Å². The SMILES string of the molecule is Cc1ccc(CCN=C2NC(N(C)C)=NC(C)N2)o1. The van der Waals surface area contributed by atoms with Crippen LogP contribution in [0.1, 0.15) is 18.4 Å². The lowest BCUT2D eigenvalue weighted by molar-refractivity contribution is 0.484. The first kappa shape index (κ1) is 13.5. The number of aryl methyl sites for hydroxylation is 1. The Kier molecular flexibility index (Phi) is 4.09. The van der Waals surface area contributed by atoms with Crippen molar-refractivity contribution in [3.05, 3.63) is 23.7 Å². The Morgan fingerprint density at radius 2 is 2.21 bits per heavy atom. The minimum absolute atomic E-state index is 0.0308. The molecule has 2 heterocycles. The van der Waals surface area contributed by atoms with Crippen LogP contribution in [0.2, 0.25) is 0 Å². The Labute approximate surface area is 113 Å². The number of nitrogens with one attached hydrogen (secondary N) is 2. The minimum Gasteiger partial charge on any atom is -0.466 e. The predicted molar refractivity (Wildman–Crippen MR) is 76.3 cm³/mol. The van der Waals surface area contributed by atoms with Gasteiger partial charge in [0.1, 0.15) is 17.7 Å². The molecule has 1 atom stereocenters. The van der Waals surface area contributed by atoms with Crippen molar-refractivity contribution in [2.75, 3.05) is 20.6 Å². The van der Waals surface area contributed by atoms with Crippen molar-refractivity contribution in [3.63, 3.8) is 0 Å². The van der Waals surface area contributed by atoms with Gasteiger partial charge < -0.3 is 14.6 Å². The summed E-state index contributed by atoms with van der Waals surface area (Å²) in [5, 5.41) is 6.35. The van der Waals surface area contributed by atoms with Crippen LogP contribution in [0.25, 0.3) is 0 Å². The van der Waals surface area contributed by atoms with Crippen molar-refractivity contribution < 1.29 is 4.42 Å². The predicted octanol–water partition coefficient (Wildman–Crippen LogP) is 0.943. The molecule has 0 saturated heterocycles. The van der Waals surface area contributed by atoms with Crippen molar-refractivity contribution in [2.45, 2.75) is 26.4 Å². The summed E-state index contributed by atoms with van der Waals surface area (Å²) >= 11 is 0. The summed E-state index contributed by atoms with van der Waals surface area (Å²) in [7, 11) is 3.90. The topological polar surface area (TPSA) is 65.2 Å². The van der Waals surface area contributed by atoms with E-state index in [0.717, 1.165) is 29.9 Å². The summed E-state index contributed by atoms with van der Waals surface area (Å²) in [5.41, 5.74) is 0. The Bertz CT molecular complexity index is 489. The average Bonchev–Trinajstić information content (AvgIpc) is 2.74. The minimum atomic E-state index is 0.0308. The maximum atomic E-state index is 5.51. The lowest BCUT2D eigenvalue weighted by Gasteiger charge is -2.26. The van der Waals surface area contributed by atoms with E-state index in [9.17, 15) is 0 Å². The molecule has 1 aliphatic rings. The third-order valence-corrected chi connectivity index (χ3v) is 2.74. The van der Waals surface area contributed by atoms with E-state index >= 15 is 0 Å². The van der Waals surface area contributed by atoms with Gasteiger partial charge in [-0.2, -0.15) is 0 Å². The number of nitrogens with zero attached hydrogens (tertiary/aromatic N) is 3. The maximum absolute atomic E-state index is 5.51. The van der Waals surface area contributed by atoms with Gasteiger partial charge in [-0.3, -0.25) is 10.3 Å². The lowest BCUT2D eigenvalue weighted by Crippen LogP contribution is -2.53. The van der Waals surface area contributed by atoms with Gasteiger partial charge in [0.05, 0.1) is 0 Å². The highest BCUT2D eigenvalue weighted by Gasteiger charge is 2.15. The molecule has 1 aliphatic heterocycles. The number of aliphatic imine (C=N–C) groups is 2. The van der Waals surface area contributed by atoms with Crippen molar-refractivity contribution in [1.82, 2.24) is 15.5 Å². The summed E-state index contributed by atoms with van der Waals surface area (Å²) in [4.78, 5) is 10.9. The van der Waals surface area contributed by atoms with E-state index in [1.807, 2.05) is 45.0 Å². The van der Waals surface area contributed by atoms with Crippen LogP contribution in [0.15, 0.2) is 26.5 Å². The second-order valence-corrected chi connectivity index (χ2v) is 4.79. The third kappa shape index (κ3) is 3.74. The molecule has 0 aromatic carbocycles. The van der Waals surface area contributed by atoms with Gasteiger partial charge in [0.25, 0.3) is 0 Å². The van der Waals surface area contributed by atoms with E-state index in [4.69, 9.17) is 4.42 Å². The third-order valence-electron chi connectivity index (χ3n) is 2.74. The first-order chi connectivity index (χ1) is 9.04. The summed E-state index contributed by atoms with van der Waals surface area (Å²) < 4.78 is 5.51. The van der Waals surface area contributed by atoms with Gasteiger partial charge >= 0.3 is 0 Å². The maximum Gasteiger partial charge on any atom is 0.202 e. The molecule has 1 unspecified atom stereocenters. The normalized spacial score (nSPS) is 20.7. The van der Waals surface area contributed by atoms with E-state index in [-0.39, 0.29) is 6.17 Å². The molecule has 19 heavy (non-hydrogen) atoms. The quantitative estimate of drug-likeness (QED) is 0.852. The summed E-state index contributed by atoms with van der Waals surface area (Å²) in [6.45, 7) is 4.62. The molecule has 1 aromatic heterocycles. The molecule has 0 aliphatic carbocycles. The molecule has 104 valence electrons. The molecule has 0 bridgehead atoms. The van der Waals surface area contributed by atoms with E-state index in [1.54, 1.807) is 0 Å². The van der Waals surface area contributed by atoms with Crippen LogP contribution in [0.5, 0.6) is 0 Å². The number of hydrogen-bond acceptors (Lipinski definition) is 4. The van der Waals surface area contributed by atoms with Crippen LogP contribution in [0, 0.1) is 6.92 Å². The largest absolute Gasteiger partial charge is 0.466 e. The molecule has 0 spiro atoms. The van der Waals surface area contributed by atoms with Crippen LogP contribution in [-0.2, 0) is 6.42 Å². The van der Waals surface area contributed by atoms with Gasteiger partial charge in [-0.25, -0.2) is 4.99 Å². The standard InChI is InChI=1S/C13H21N5O/c1-9-5-6-11(19-9)7-8-14-12-15-10(2)16-13(17-12)18(3)4/h5-6,10H,7-8H2,1-4H3,(H2,14,15,16,17). The number of rotatable bonds is 3. The number of guanidine groups is 2. The lowest BCUT2D eigenvalue weighted by atomic mass is 10.3. The van der Waals surface area contributed by atoms with E-state index in [0.29, 0.717) is 6.54 Å². The fourth-order valence-electron chi connectivity index (χ4n) is 1.80. The summed E-state index contributed by atoms with van der Waals surface area (Å²) in [5.74, 6) is 3.48. The second kappa shape index (κ2) is 5.77. The zero-order valence-electron chi connectivity index (χ0n) is 11.9. The van der Waals surface area contributed by atoms with Crippen molar-refractivity contribution in [2.24, 2.45) is 9.98 Å². The molecule has 0 radical (unpaired) electrons. The van der Waals surface area contributed by atoms with Gasteiger partial charge in [0, 0.05) is 27.1 Å². The average molecular weight is 263 g/mol. The Hall–Kier alpha value is -1.98. The highest BCUT2D eigenvalue weighted by atomic mass is 16.3. The fourth-order valence-corrected chi connectivity index (χ4v) is 1.80. The molecule has 0 fully saturated rings. The molecule has 1 aromatic rings. The Morgan fingerprint density at radius 1 is 1.42 bits per heavy atom. The van der Waals surface area contributed by atoms with Gasteiger partial charge in [0.2, 0.25) is 5.96 Å². The molecule has 2 rings (SSSR count). The van der Waals surface area contributed by atoms with Gasteiger partial charge in [-0.15, -0.1) is 0 Å².